The van der Waals surface area contributed by atoms with E-state index in [1.807, 2.05) is 37.3 Å². The molecular formula is C33H35ClN4O4. The second-order valence-electron chi connectivity index (χ2n) is 11.0. The third kappa shape index (κ3) is 5.28. The van der Waals surface area contributed by atoms with Crippen LogP contribution in [0.15, 0.2) is 66.6 Å². The molecule has 2 atom stereocenters. The fraction of sp³-hybridized carbons (Fsp3) is 0.303. The maximum absolute atomic E-state index is 13.4. The third-order valence-corrected chi connectivity index (χ3v) is 8.44. The topological polar surface area (TPSA) is 95.0 Å². The highest BCUT2D eigenvalue weighted by Gasteiger charge is 2.32. The van der Waals surface area contributed by atoms with E-state index >= 15 is 0 Å². The lowest BCUT2D eigenvalue weighted by atomic mass is 9.95. The van der Waals surface area contributed by atoms with E-state index in [4.69, 9.17) is 21.3 Å². The van der Waals surface area contributed by atoms with Crippen molar-refractivity contribution in [3.05, 3.63) is 88.4 Å². The fourth-order valence-electron chi connectivity index (χ4n) is 5.69. The number of carbonyl (C=O) groups is 2. The third-order valence-electron chi connectivity index (χ3n) is 8.03. The van der Waals surface area contributed by atoms with Gasteiger partial charge < -0.3 is 20.1 Å². The number of aromatic nitrogens is 1. The number of aryl methyl sites for hydroxylation is 1. The standard InChI is InChI=1S/C33H35ClN4O4/c1-18-13-14-22-15-28(36-32(42-6)29(18)22)25-11-7-10-24(30(25)34)23-9-8-12-27(20(23)3)35-31(40)26-17-38(16-19(2)39)21(4)37(5)33(26)41/h7-12,15,17-19,39H,4,13-14,16H2,1-3,5-6H3,(H,35,40). The number of anilines is 1. The van der Waals surface area contributed by atoms with Crippen molar-refractivity contribution in [2.24, 2.45) is 0 Å². The molecule has 218 valence electrons. The zero-order valence-corrected chi connectivity index (χ0v) is 25.2. The highest BCUT2D eigenvalue weighted by molar-refractivity contribution is 6.36. The molecule has 1 aliphatic carbocycles. The Morgan fingerprint density at radius 2 is 1.93 bits per heavy atom. The molecule has 0 saturated carbocycles. The Bertz CT molecular complexity index is 1630. The summed E-state index contributed by atoms with van der Waals surface area (Å²) < 4.78 is 5.67. The number of methoxy groups -OCH3 is 1. The van der Waals surface area contributed by atoms with Crippen molar-refractivity contribution < 1.29 is 19.4 Å². The molecule has 2 amide bonds. The quantitative estimate of drug-likeness (QED) is 0.336. The number of aliphatic hydroxyl groups is 1. The van der Waals surface area contributed by atoms with Gasteiger partial charge in [0, 0.05) is 42.2 Å². The van der Waals surface area contributed by atoms with E-state index in [2.05, 4.69) is 24.9 Å². The molecule has 2 heterocycles. The van der Waals surface area contributed by atoms with Crippen molar-refractivity contribution in [3.8, 4) is 28.3 Å². The predicted molar refractivity (Wildman–Crippen MR) is 165 cm³/mol. The first kappa shape index (κ1) is 29.4. The lowest BCUT2D eigenvalue weighted by molar-refractivity contribution is -0.128. The second-order valence-corrected chi connectivity index (χ2v) is 11.3. The summed E-state index contributed by atoms with van der Waals surface area (Å²) in [5, 5.41) is 13.3. The van der Waals surface area contributed by atoms with Crippen LogP contribution in [-0.2, 0) is 16.0 Å². The number of nitrogens with zero attached hydrogens (tertiary/aromatic N) is 3. The zero-order valence-electron chi connectivity index (χ0n) is 24.5. The van der Waals surface area contributed by atoms with Crippen molar-refractivity contribution in [1.29, 1.82) is 0 Å². The summed E-state index contributed by atoms with van der Waals surface area (Å²) in [6, 6.07) is 13.5. The molecule has 8 nitrogen and oxygen atoms in total. The fourth-order valence-corrected chi connectivity index (χ4v) is 6.02. The SMILES string of the molecule is C=C1N(CC(C)O)C=C(C(=O)Nc2cccc(-c3cccc(-c4cc5c(c(OC)n4)C(C)CC5)c3Cl)c2C)C(=O)N1C. The molecule has 0 saturated heterocycles. The molecule has 0 radical (unpaired) electrons. The molecule has 0 spiro atoms. The molecule has 9 heteroatoms. The number of hydrogen-bond acceptors (Lipinski definition) is 6. The molecule has 1 aromatic heterocycles. The maximum atomic E-state index is 13.4. The molecule has 2 aliphatic rings. The first-order valence-electron chi connectivity index (χ1n) is 13.9. The number of β-amino-alcohol motifs (C(OH)–C–C–N with tert-alkyl or cyclic N) is 1. The largest absolute Gasteiger partial charge is 0.481 e. The highest BCUT2D eigenvalue weighted by Crippen LogP contribution is 2.43. The van der Waals surface area contributed by atoms with Crippen molar-refractivity contribution in [3.63, 3.8) is 0 Å². The lowest BCUT2D eigenvalue weighted by Crippen LogP contribution is -2.44. The van der Waals surface area contributed by atoms with Crippen LogP contribution in [0.25, 0.3) is 22.4 Å². The Morgan fingerprint density at radius 1 is 1.24 bits per heavy atom. The smallest absolute Gasteiger partial charge is 0.266 e. The zero-order chi connectivity index (χ0) is 30.3. The normalized spacial score (nSPS) is 17.2. The summed E-state index contributed by atoms with van der Waals surface area (Å²) in [5.41, 5.74) is 6.88. The Kier molecular flexibility index (Phi) is 8.12. The van der Waals surface area contributed by atoms with Crippen molar-refractivity contribution >= 4 is 29.1 Å². The van der Waals surface area contributed by atoms with Crippen LogP contribution in [-0.4, -0.2) is 58.5 Å². The number of nitrogens with one attached hydrogen (secondary N) is 1. The van der Waals surface area contributed by atoms with E-state index in [1.165, 1.54) is 22.2 Å². The van der Waals surface area contributed by atoms with Gasteiger partial charge in [0.2, 0.25) is 5.88 Å². The van der Waals surface area contributed by atoms with Gasteiger partial charge in [-0.25, -0.2) is 4.98 Å². The number of fused-ring (bicyclic) bond motifs is 1. The predicted octanol–water partition coefficient (Wildman–Crippen LogP) is 5.88. The lowest BCUT2D eigenvalue weighted by Gasteiger charge is -2.35. The van der Waals surface area contributed by atoms with Gasteiger partial charge in [0.05, 0.1) is 23.9 Å². The van der Waals surface area contributed by atoms with E-state index in [1.54, 1.807) is 32.0 Å². The van der Waals surface area contributed by atoms with Crippen molar-refractivity contribution in [2.75, 3.05) is 26.0 Å². The molecule has 2 aromatic carbocycles. The summed E-state index contributed by atoms with van der Waals surface area (Å²) in [5.74, 6) is 0.395. The van der Waals surface area contributed by atoms with Crippen LogP contribution in [0, 0.1) is 6.92 Å². The summed E-state index contributed by atoms with van der Waals surface area (Å²) in [6.45, 7) is 9.82. The number of ether oxygens (including phenoxy) is 1. The van der Waals surface area contributed by atoms with Gasteiger partial charge in [-0.3, -0.25) is 14.5 Å². The number of amides is 2. The summed E-state index contributed by atoms with van der Waals surface area (Å²) in [7, 11) is 3.20. The minimum Gasteiger partial charge on any atom is -0.481 e. The average Bonchev–Trinajstić information content (AvgIpc) is 3.34. The first-order chi connectivity index (χ1) is 20.0. The first-order valence-corrected chi connectivity index (χ1v) is 14.3. The van der Waals surface area contributed by atoms with E-state index in [9.17, 15) is 14.7 Å². The van der Waals surface area contributed by atoms with Crippen LogP contribution in [0.4, 0.5) is 5.69 Å². The van der Waals surface area contributed by atoms with Crippen LogP contribution >= 0.6 is 11.6 Å². The molecule has 5 rings (SSSR count). The van der Waals surface area contributed by atoms with Gasteiger partial charge in [-0.1, -0.05) is 55.4 Å². The van der Waals surface area contributed by atoms with Crippen LogP contribution in [0.2, 0.25) is 5.02 Å². The van der Waals surface area contributed by atoms with Gasteiger partial charge in [0.15, 0.2) is 0 Å². The van der Waals surface area contributed by atoms with Gasteiger partial charge in [0.1, 0.15) is 11.4 Å². The number of aliphatic hydroxyl groups excluding tert-OH is 1. The Hall–Kier alpha value is -4.14. The van der Waals surface area contributed by atoms with Gasteiger partial charge in [-0.2, -0.15) is 0 Å². The summed E-state index contributed by atoms with van der Waals surface area (Å²) in [6.07, 6.45) is 2.79. The summed E-state index contributed by atoms with van der Waals surface area (Å²) in [4.78, 5) is 34.0. The average molecular weight is 587 g/mol. The molecule has 3 aromatic rings. The molecule has 2 unspecified atom stereocenters. The van der Waals surface area contributed by atoms with Gasteiger partial charge in [-0.15, -0.1) is 0 Å². The van der Waals surface area contributed by atoms with E-state index in [0.717, 1.165) is 40.8 Å². The number of pyridine rings is 1. The number of hydrogen-bond donors (Lipinski definition) is 2. The Labute approximate surface area is 251 Å². The molecule has 1 aliphatic heterocycles. The number of halogens is 1. The van der Waals surface area contributed by atoms with E-state index in [-0.39, 0.29) is 12.1 Å². The van der Waals surface area contributed by atoms with Gasteiger partial charge in [0.25, 0.3) is 11.8 Å². The van der Waals surface area contributed by atoms with Crippen LogP contribution in [0.5, 0.6) is 5.88 Å². The number of rotatable bonds is 7. The van der Waals surface area contributed by atoms with Crippen LogP contribution in [0.3, 0.4) is 0 Å². The number of benzene rings is 2. The van der Waals surface area contributed by atoms with Crippen molar-refractivity contribution in [1.82, 2.24) is 14.8 Å². The van der Waals surface area contributed by atoms with Crippen LogP contribution < -0.4 is 10.1 Å². The van der Waals surface area contributed by atoms with Crippen LogP contribution in [0.1, 0.15) is 42.9 Å². The number of carbonyl (C=O) groups excluding carboxylic acids is 2. The molecule has 0 bridgehead atoms. The molecular weight excluding hydrogens is 552 g/mol. The number of likely N-dealkylation sites (N-methyl/N-ethyl adjacent to an activating group) is 1. The molecule has 42 heavy (non-hydrogen) atoms. The van der Waals surface area contributed by atoms with E-state index in [0.29, 0.717) is 28.3 Å². The maximum Gasteiger partial charge on any atom is 0.266 e. The van der Waals surface area contributed by atoms with Gasteiger partial charge >= 0.3 is 0 Å². The van der Waals surface area contributed by atoms with Gasteiger partial charge in [-0.05, 0) is 61.4 Å². The Balaban J connectivity index is 1.48. The molecule has 2 N–H and O–H groups in total. The minimum atomic E-state index is -0.681. The minimum absolute atomic E-state index is 0.0543. The highest BCUT2D eigenvalue weighted by atomic mass is 35.5. The van der Waals surface area contributed by atoms with E-state index < -0.39 is 17.9 Å². The summed E-state index contributed by atoms with van der Waals surface area (Å²) >= 11 is 7.05. The second kappa shape index (κ2) is 11.6. The Morgan fingerprint density at radius 3 is 2.64 bits per heavy atom. The van der Waals surface area contributed by atoms with Crippen molar-refractivity contribution in [2.45, 2.75) is 45.6 Å². The monoisotopic (exact) mass is 586 g/mol. The molecule has 0 fully saturated rings.